The van der Waals surface area contributed by atoms with Gasteiger partial charge in [0, 0.05) is 16.0 Å². The van der Waals surface area contributed by atoms with Crippen LogP contribution in [0.4, 0.5) is 5.82 Å². The molecule has 90 valence electrons. The van der Waals surface area contributed by atoms with E-state index in [1.165, 1.54) is 0 Å². The van der Waals surface area contributed by atoms with Gasteiger partial charge in [0.2, 0.25) is 0 Å². The Kier molecular flexibility index (Phi) is 2.81. The van der Waals surface area contributed by atoms with Crippen LogP contribution < -0.4 is 5.73 Å². The molecular formula is C13H9ClN2OS. The first kappa shape index (κ1) is 11.3. The first-order valence-electron chi connectivity index (χ1n) is 5.29. The summed E-state index contributed by atoms with van der Waals surface area (Å²) in [5, 5.41) is 8.48. The third-order valence-electron chi connectivity index (χ3n) is 2.62. The van der Waals surface area contributed by atoms with Gasteiger partial charge in [0.05, 0.1) is 5.56 Å². The number of hydrogen-bond acceptors (Lipinski definition) is 4. The number of hydrogen-bond donors (Lipinski definition) is 1. The van der Waals surface area contributed by atoms with Crippen LogP contribution in [-0.2, 0) is 0 Å². The van der Waals surface area contributed by atoms with Crippen molar-refractivity contribution in [3.63, 3.8) is 0 Å². The van der Waals surface area contributed by atoms with Crippen LogP contribution in [-0.4, -0.2) is 5.16 Å². The standard InChI is InChI=1S/C13H9ClN2OS/c14-10-3-1-2-8(6-10)11-12(17-16-13(11)15)9-4-5-18-7-9/h1-7H,(H2,15,16). The summed E-state index contributed by atoms with van der Waals surface area (Å²) in [4.78, 5) is 0. The molecule has 3 rings (SSSR count). The van der Waals surface area contributed by atoms with E-state index in [1.54, 1.807) is 11.3 Å². The number of thiophene rings is 1. The molecule has 2 heterocycles. The van der Waals surface area contributed by atoms with Crippen LogP contribution in [0, 0.1) is 0 Å². The van der Waals surface area contributed by atoms with Crippen LogP contribution in [0.5, 0.6) is 0 Å². The van der Waals surface area contributed by atoms with Gasteiger partial charge in [-0.2, -0.15) is 11.3 Å². The smallest absolute Gasteiger partial charge is 0.177 e. The van der Waals surface area contributed by atoms with Gasteiger partial charge in [-0.15, -0.1) is 0 Å². The number of nitrogens with zero attached hydrogens (tertiary/aromatic N) is 1. The molecule has 0 aliphatic heterocycles. The van der Waals surface area contributed by atoms with Crippen molar-refractivity contribution in [2.75, 3.05) is 5.73 Å². The normalized spacial score (nSPS) is 10.7. The fraction of sp³-hybridized carbons (Fsp3) is 0. The Hall–Kier alpha value is -1.78. The Labute approximate surface area is 113 Å². The van der Waals surface area contributed by atoms with E-state index >= 15 is 0 Å². The van der Waals surface area contributed by atoms with Crippen molar-refractivity contribution in [1.82, 2.24) is 5.16 Å². The van der Waals surface area contributed by atoms with E-state index in [-0.39, 0.29) is 0 Å². The molecule has 0 radical (unpaired) electrons. The van der Waals surface area contributed by atoms with E-state index in [0.29, 0.717) is 16.6 Å². The van der Waals surface area contributed by atoms with E-state index in [0.717, 1.165) is 16.7 Å². The van der Waals surface area contributed by atoms with E-state index in [2.05, 4.69) is 5.16 Å². The number of nitrogen functional groups attached to an aromatic ring is 1. The second-order valence-electron chi connectivity index (χ2n) is 3.79. The van der Waals surface area contributed by atoms with E-state index in [9.17, 15) is 0 Å². The molecule has 1 aromatic carbocycles. The minimum atomic E-state index is 0.374. The van der Waals surface area contributed by atoms with E-state index < -0.39 is 0 Å². The topological polar surface area (TPSA) is 52.0 Å². The van der Waals surface area contributed by atoms with Gasteiger partial charge < -0.3 is 10.3 Å². The summed E-state index contributed by atoms with van der Waals surface area (Å²) in [6.07, 6.45) is 0. The lowest BCUT2D eigenvalue weighted by Crippen LogP contribution is -1.88. The van der Waals surface area contributed by atoms with Crippen molar-refractivity contribution in [2.24, 2.45) is 0 Å². The van der Waals surface area contributed by atoms with Crippen LogP contribution >= 0.6 is 22.9 Å². The quantitative estimate of drug-likeness (QED) is 0.759. The van der Waals surface area contributed by atoms with Crippen molar-refractivity contribution in [2.45, 2.75) is 0 Å². The van der Waals surface area contributed by atoms with Gasteiger partial charge in [0.25, 0.3) is 0 Å². The van der Waals surface area contributed by atoms with E-state index in [4.69, 9.17) is 21.9 Å². The monoisotopic (exact) mass is 276 g/mol. The zero-order valence-electron chi connectivity index (χ0n) is 9.26. The Bertz CT molecular complexity index is 676. The van der Waals surface area contributed by atoms with E-state index in [1.807, 2.05) is 41.1 Å². The predicted molar refractivity (Wildman–Crippen MR) is 74.7 cm³/mol. The highest BCUT2D eigenvalue weighted by Gasteiger charge is 2.17. The maximum atomic E-state index is 6.00. The Morgan fingerprint density at radius 2 is 2.11 bits per heavy atom. The van der Waals surface area contributed by atoms with Crippen molar-refractivity contribution in [3.8, 4) is 22.5 Å². The average Bonchev–Trinajstić information content (AvgIpc) is 2.97. The van der Waals surface area contributed by atoms with Gasteiger partial charge in [-0.05, 0) is 29.1 Å². The molecule has 0 fully saturated rings. The summed E-state index contributed by atoms with van der Waals surface area (Å²) in [6.45, 7) is 0. The molecule has 0 bridgehead atoms. The number of aromatic nitrogens is 1. The Morgan fingerprint density at radius 3 is 2.83 bits per heavy atom. The van der Waals surface area contributed by atoms with Crippen LogP contribution in [0.2, 0.25) is 5.02 Å². The molecule has 3 nitrogen and oxygen atoms in total. The van der Waals surface area contributed by atoms with Crippen LogP contribution in [0.25, 0.3) is 22.5 Å². The van der Waals surface area contributed by atoms with Crippen LogP contribution in [0.3, 0.4) is 0 Å². The fourth-order valence-electron chi connectivity index (χ4n) is 1.82. The predicted octanol–water partition coefficient (Wildman–Crippen LogP) is 4.31. The maximum Gasteiger partial charge on any atom is 0.177 e. The minimum absolute atomic E-state index is 0.374. The third-order valence-corrected chi connectivity index (χ3v) is 3.53. The zero-order valence-corrected chi connectivity index (χ0v) is 10.8. The van der Waals surface area contributed by atoms with Gasteiger partial charge in [0.1, 0.15) is 0 Å². The number of nitrogens with two attached hydrogens (primary N) is 1. The molecule has 0 aliphatic carbocycles. The SMILES string of the molecule is Nc1noc(-c2ccsc2)c1-c1cccc(Cl)c1. The lowest BCUT2D eigenvalue weighted by atomic mass is 10.0. The van der Waals surface area contributed by atoms with Crippen molar-refractivity contribution < 1.29 is 4.52 Å². The second-order valence-corrected chi connectivity index (χ2v) is 5.01. The first-order chi connectivity index (χ1) is 8.75. The number of rotatable bonds is 2. The van der Waals surface area contributed by atoms with Gasteiger partial charge in [-0.1, -0.05) is 28.9 Å². The summed E-state index contributed by atoms with van der Waals surface area (Å²) in [6, 6.07) is 9.45. The number of halogens is 1. The summed E-state index contributed by atoms with van der Waals surface area (Å²) < 4.78 is 5.32. The van der Waals surface area contributed by atoms with Crippen molar-refractivity contribution in [3.05, 3.63) is 46.1 Å². The molecule has 2 aromatic heterocycles. The third kappa shape index (κ3) is 1.89. The molecule has 0 amide bonds. The Morgan fingerprint density at radius 1 is 1.22 bits per heavy atom. The molecule has 0 atom stereocenters. The lowest BCUT2D eigenvalue weighted by Gasteiger charge is -2.01. The summed E-state index contributed by atoms with van der Waals surface area (Å²) in [7, 11) is 0. The molecule has 5 heteroatoms. The van der Waals surface area contributed by atoms with Crippen LogP contribution in [0.15, 0.2) is 45.6 Å². The molecule has 2 N–H and O–H groups in total. The molecule has 0 saturated heterocycles. The molecule has 3 aromatic rings. The Balaban J connectivity index is 2.20. The largest absolute Gasteiger partial charge is 0.380 e. The molecule has 0 spiro atoms. The summed E-state index contributed by atoms with van der Waals surface area (Å²) >= 11 is 7.60. The van der Waals surface area contributed by atoms with Crippen molar-refractivity contribution in [1.29, 1.82) is 0 Å². The summed E-state index contributed by atoms with van der Waals surface area (Å²) in [5.74, 6) is 1.05. The highest BCUT2D eigenvalue weighted by molar-refractivity contribution is 7.08. The van der Waals surface area contributed by atoms with Crippen LogP contribution in [0.1, 0.15) is 0 Å². The molecule has 0 unspecified atom stereocenters. The van der Waals surface area contributed by atoms with Gasteiger partial charge in [0.15, 0.2) is 11.6 Å². The van der Waals surface area contributed by atoms with Gasteiger partial charge in [-0.3, -0.25) is 0 Å². The van der Waals surface area contributed by atoms with Gasteiger partial charge in [-0.25, -0.2) is 0 Å². The fourth-order valence-corrected chi connectivity index (χ4v) is 2.64. The van der Waals surface area contributed by atoms with Gasteiger partial charge >= 0.3 is 0 Å². The minimum Gasteiger partial charge on any atom is -0.380 e. The maximum absolute atomic E-state index is 6.00. The summed E-state index contributed by atoms with van der Waals surface area (Å²) in [5.41, 5.74) is 8.55. The lowest BCUT2D eigenvalue weighted by molar-refractivity contribution is 0.436. The number of anilines is 1. The second kappa shape index (κ2) is 4.48. The first-order valence-corrected chi connectivity index (χ1v) is 6.61. The molecule has 18 heavy (non-hydrogen) atoms. The molecule has 0 aliphatic rings. The number of benzene rings is 1. The van der Waals surface area contributed by atoms with Crippen molar-refractivity contribution >= 4 is 28.8 Å². The zero-order chi connectivity index (χ0) is 12.5. The molecular weight excluding hydrogens is 268 g/mol. The average molecular weight is 277 g/mol. The molecule has 0 saturated carbocycles. The highest BCUT2D eigenvalue weighted by atomic mass is 35.5. The highest BCUT2D eigenvalue weighted by Crippen LogP contribution is 2.37.